The van der Waals surface area contributed by atoms with Crippen molar-refractivity contribution in [3.05, 3.63) is 12.2 Å². The van der Waals surface area contributed by atoms with Crippen LogP contribution in [0.25, 0.3) is 0 Å². The first-order chi connectivity index (χ1) is 31.3. The molecule has 8 fully saturated rings. The molecule has 67 heavy (non-hydrogen) atoms. The predicted octanol–water partition coefficient (Wildman–Crippen LogP) is 0.495. The molecule has 8 rings (SSSR count). The van der Waals surface area contributed by atoms with Crippen molar-refractivity contribution in [3.63, 3.8) is 0 Å². The predicted molar refractivity (Wildman–Crippen MR) is 231 cm³/mol. The number of ether oxygens (including phenoxy) is 7. The van der Waals surface area contributed by atoms with Gasteiger partial charge in [-0.15, -0.1) is 0 Å². The van der Waals surface area contributed by atoms with Gasteiger partial charge in [-0.2, -0.15) is 0 Å². The fraction of sp³-hybridized carbons (Fsp3) is 0.917. The summed E-state index contributed by atoms with van der Waals surface area (Å²) in [6, 6.07) is 0. The molecule has 382 valence electrons. The number of aliphatic hydroxyl groups excluding tert-OH is 9. The standard InChI is InChI=1S/C48H76O19/c1-20(2)22-11-14-48(16-15-45(6)23(30(22)48)9-10-27-46(45,7)13-12-26-44(4,5)67-28(17-29(50)51)47(26,27)8)43(60)66-42-37(58)34(55)32(53)25(64-42)19-61-40-38(59)35(56)39(24(18-49)63-40)65-41-36(57)33(54)31(52)21(3)62-41/h21-28,30-42,49,52-59H,1,9-19H2,2-8H3,(H,50,51). The van der Waals surface area contributed by atoms with Crippen LogP contribution in [0.15, 0.2) is 12.2 Å². The van der Waals surface area contributed by atoms with Crippen LogP contribution < -0.4 is 0 Å². The van der Waals surface area contributed by atoms with Gasteiger partial charge in [0.2, 0.25) is 6.29 Å². The number of esters is 1. The van der Waals surface area contributed by atoms with Crippen molar-refractivity contribution in [2.24, 2.45) is 51.2 Å². The van der Waals surface area contributed by atoms with E-state index in [1.54, 1.807) is 0 Å². The van der Waals surface area contributed by atoms with E-state index in [2.05, 4.69) is 41.2 Å². The molecule has 10 N–H and O–H groups in total. The third-order valence-electron chi connectivity index (χ3n) is 19.2. The number of aliphatic hydroxyl groups is 9. The number of hydrogen-bond acceptors (Lipinski definition) is 18. The minimum absolute atomic E-state index is 0.00292. The van der Waals surface area contributed by atoms with Crippen LogP contribution in [-0.4, -0.2) is 180 Å². The topological polar surface area (TPSA) is 301 Å². The SMILES string of the molecule is C=C(C)C1CCC2(C(=O)OC3OC(COC4OC(CO)C(OC5OC(C)C(O)C(O)C5O)C(O)C4O)C(O)C(O)C3O)CCC3(C)C(CCC4C5(C)C(CC(=O)O)OC(C)(C)C5CCC43C)C12. The second-order valence-corrected chi connectivity index (χ2v) is 22.8. The Labute approximate surface area is 391 Å². The number of carbonyl (C=O) groups excluding carboxylic acids is 1. The van der Waals surface area contributed by atoms with E-state index in [-0.39, 0.29) is 52.3 Å². The minimum atomic E-state index is -1.86. The molecule has 25 unspecified atom stereocenters. The van der Waals surface area contributed by atoms with Gasteiger partial charge >= 0.3 is 11.9 Å². The molecule has 19 nitrogen and oxygen atoms in total. The molecule has 0 aromatic rings. The van der Waals surface area contributed by atoms with E-state index in [0.717, 1.165) is 31.3 Å². The first kappa shape index (κ1) is 51.4. The smallest absolute Gasteiger partial charge is 0.314 e. The Balaban J connectivity index is 0.973. The van der Waals surface area contributed by atoms with E-state index in [1.807, 2.05) is 6.92 Å². The van der Waals surface area contributed by atoms with Crippen LogP contribution in [0.3, 0.4) is 0 Å². The lowest BCUT2D eigenvalue weighted by Crippen LogP contribution is -2.66. The normalized spacial score (nSPS) is 53.7. The third-order valence-corrected chi connectivity index (χ3v) is 19.2. The summed E-state index contributed by atoms with van der Waals surface area (Å²) in [6.45, 7) is 17.6. The maximum atomic E-state index is 15.0. The highest BCUT2D eigenvalue weighted by molar-refractivity contribution is 5.78. The zero-order chi connectivity index (χ0) is 49.1. The Morgan fingerprint density at radius 1 is 0.687 bits per heavy atom. The first-order valence-electron chi connectivity index (χ1n) is 24.3. The highest BCUT2D eigenvalue weighted by atomic mass is 16.8. The van der Waals surface area contributed by atoms with Gasteiger partial charge < -0.3 is 84.2 Å². The number of carboxylic acids is 1. The number of hydrogen-bond donors (Lipinski definition) is 10. The molecule has 4 heterocycles. The van der Waals surface area contributed by atoms with Crippen molar-refractivity contribution in [1.82, 2.24) is 0 Å². The molecule has 0 spiro atoms. The molecule has 4 saturated heterocycles. The molecule has 0 aromatic carbocycles. The quantitative estimate of drug-likeness (QED) is 0.0996. The first-order valence-corrected chi connectivity index (χ1v) is 24.3. The van der Waals surface area contributed by atoms with E-state index >= 15 is 0 Å². The summed E-state index contributed by atoms with van der Waals surface area (Å²) in [6.07, 6.45) is -18.9. The number of allylic oxidation sites excluding steroid dienone is 1. The molecule has 0 aromatic heterocycles. The van der Waals surface area contributed by atoms with Crippen LogP contribution in [0, 0.1) is 51.2 Å². The summed E-state index contributed by atoms with van der Waals surface area (Å²) < 4.78 is 41.4. The van der Waals surface area contributed by atoms with Crippen LogP contribution >= 0.6 is 0 Å². The Hall–Kier alpha value is -1.92. The highest BCUT2D eigenvalue weighted by Crippen LogP contribution is 2.78. The second kappa shape index (κ2) is 18.3. The van der Waals surface area contributed by atoms with Crippen molar-refractivity contribution in [3.8, 4) is 0 Å². The Kier molecular flexibility index (Phi) is 14.0. The third kappa shape index (κ3) is 8.06. The molecule has 0 radical (unpaired) electrons. The summed E-state index contributed by atoms with van der Waals surface area (Å²) in [5, 5.41) is 106. The zero-order valence-corrected chi connectivity index (χ0v) is 39.8. The molecule has 19 heteroatoms. The van der Waals surface area contributed by atoms with Crippen LogP contribution in [0.4, 0.5) is 0 Å². The van der Waals surface area contributed by atoms with Crippen LogP contribution in [0.5, 0.6) is 0 Å². The fourth-order valence-corrected chi connectivity index (χ4v) is 15.5. The Morgan fingerprint density at radius 3 is 1.99 bits per heavy atom. The van der Waals surface area contributed by atoms with Crippen LogP contribution in [-0.2, 0) is 42.7 Å². The second-order valence-electron chi connectivity index (χ2n) is 22.8. The summed E-state index contributed by atoms with van der Waals surface area (Å²) in [4.78, 5) is 27.2. The lowest BCUT2D eigenvalue weighted by atomic mass is 9.33. The molecular weight excluding hydrogens is 881 g/mol. The maximum Gasteiger partial charge on any atom is 0.314 e. The van der Waals surface area contributed by atoms with E-state index in [1.165, 1.54) is 6.92 Å². The van der Waals surface area contributed by atoms with Crippen molar-refractivity contribution >= 4 is 11.9 Å². The minimum Gasteiger partial charge on any atom is -0.481 e. The molecule has 4 aliphatic carbocycles. The molecule has 0 bridgehead atoms. The molecule has 4 saturated carbocycles. The summed E-state index contributed by atoms with van der Waals surface area (Å²) in [7, 11) is 0. The van der Waals surface area contributed by atoms with Gasteiger partial charge in [-0.05, 0) is 119 Å². The molecule has 4 aliphatic heterocycles. The number of carbonyl (C=O) groups is 2. The Bertz CT molecular complexity index is 1850. The van der Waals surface area contributed by atoms with Crippen LogP contribution in [0.1, 0.15) is 106 Å². The number of rotatable bonds is 11. The van der Waals surface area contributed by atoms with E-state index in [4.69, 9.17) is 33.2 Å². The summed E-state index contributed by atoms with van der Waals surface area (Å²) in [5.41, 5.74) is -1.30. The molecule has 8 aliphatic rings. The number of carboxylic acid groups (broad SMARTS) is 1. The zero-order valence-electron chi connectivity index (χ0n) is 39.8. The molecular formula is C48H76O19. The van der Waals surface area contributed by atoms with Gasteiger partial charge in [-0.3, -0.25) is 9.59 Å². The molecule has 25 atom stereocenters. The number of aliphatic carboxylic acids is 1. The van der Waals surface area contributed by atoms with Crippen molar-refractivity contribution in [1.29, 1.82) is 0 Å². The number of fused-ring (bicyclic) bond motifs is 7. The van der Waals surface area contributed by atoms with Gasteiger partial charge in [0.1, 0.15) is 67.1 Å². The van der Waals surface area contributed by atoms with Crippen LogP contribution in [0.2, 0.25) is 0 Å². The average molecular weight is 957 g/mol. The molecule has 0 amide bonds. The van der Waals surface area contributed by atoms with Gasteiger partial charge in [-0.25, -0.2) is 0 Å². The average Bonchev–Trinajstić information content (AvgIpc) is 3.76. The highest BCUT2D eigenvalue weighted by Gasteiger charge is 2.74. The fourth-order valence-electron chi connectivity index (χ4n) is 15.5. The lowest BCUT2D eigenvalue weighted by Gasteiger charge is -2.70. The van der Waals surface area contributed by atoms with E-state index < -0.39 is 134 Å². The van der Waals surface area contributed by atoms with Crippen molar-refractivity contribution in [2.45, 2.75) is 210 Å². The maximum absolute atomic E-state index is 15.0. The van der Waals surface area contributed by atoms with Gasteiger partial charge in [0.05, 0.1) is 42.9 Å². The summed E-state index contributed by atoms with van der Waals surface area (Å²) >= 11 is 0. The van der Waals surface area contributed by atoms with Gasteiger partial charge in [0.15, 0.2) is 12.6 Å². The van der Waals surface area contributed by atoms with E-state index in [0.29, 0.717) is 25.7 Å². The Morgan fingerprint density at radius 2 is 1.33 bits per heavy atom. The van der Waals surface area contributed by atoms with Gasteiger partial charge in [-0.1, -0.05) is 32.9 Å². The largest absolute Gasteiger partial charge is 0.481 e. The van der Waals surface area contributed by atoms with Gasteiger partial charge in [0.25, 0.3) is 0 Å². The van der Waals surface area contributed by atoms with E-state index in [9.17, 15) is 60.7 Å². The monoisotopic (exact) mass is 956 g/mol. The van der Waals surface area contributed by atoms with Gasteiger partial charge in [0, 0.05) is 5.41 Å². The van der Waals surface area contributed by atoms with Crippen molar-refractivity contribution in [2.75, 3.05) is 13.2 Å². The van der Waals surface area contributed by atoms with Crippen molar-refractivity contribution < 1.29 is 93.8 Å². The summed E-state index contributed by atoms with van der Waals surface area (Å²) in [5.74, 6) is -1.18. The lowest BCUT2D eigenvalue weighted by molar-refractivity contribution is -0.361.